The van der Waals surface area contributed by atoms with E-state index in [1.807, 2.05) is 24.4 Å². The zero-order valence-corrected chi connectivity index (χ0v) is 15.8. The first-order valence-corrected chi connectivity index (χ1v) is 10.4. The van der Waals surface area contributed by atoms with Crippen LogP contribution < -0.4 is 5.32 Å². The van der Waals surface area contributed by atoms with Crippen molar-refractivity contribution in [1.29, 1.82) is 0 Å². The summed E-state index contributed by atoms with van der Waals surface area (Å²) < 4.78 is 1.22. The number of amides is 1. The summed E-state index contributed by atoms with van der Waals surface area (Å²) in [5, 5.41) is 5.38. The molecular weight excluding hydrogens is 350 g/mol. The summed E-state index contributed by atoms with van der Waals surface area (Å²) in [6.07, 6.45) is 6.51. The molecule has 2 heterocycles. The van der Waals surface area contributed by atoms with Crippen molar-refractivity contribution >= 4 is 38.8 Å². The Hall–Kier alpha value is -1.79. The van der Waals surface area contributed by atoms with Gasteiger partial charge in [-0.3, -0.25) is 4.79 Å². The van der Waals surface area contributed by atoms with Crippen molar-refractivity contribution in [2.45, 2.75) is 45.1 Å². The van der Waals surface area contributed by atoms with E-state index in [4.69, 9.17) is 0 Å². The minimum absolute atomic E-state index is 0.105. The highest BCUT2D eigenvalue weighted by atomic mass is 32.1. The monoisotopic (exact) mass is 371 g/mol. The van der Waals surface area contributed by atoms with Crippen LogP contribution in [-0.4, -0.2) is 15.9 Å². The fourth-order valence-electron chi connectivity index (χ4n) is 3.00. The molecule has 1 fully saturated rings. The summed E-state index contributed by atoms with van der Waals surface area (Å²) >= 11 is 3.42. The predicted molar refractivity (Wildman–Crippen MR) is 103 cm³/mol. The largest absolute Gasteiger partial charge is 0.347 e. The van der Waals surface area contributed by atoms with Gasteiger partial charge in [0, 0.05) is 17.5 Å². The quantitative estimate of drug-likeness (QED) is 0.658. The van der Waals surface area contributed by atoms with Crippen LogP contribution in [0.5, 0.6) is 0 Å². The maximum atomic E-state index is 12.4. The fourth-order valence-corrected chi connectivity index (χ4v) is 4.93. The van der Waals surface area contributed by atoms with Crippen LogP contribution in [0.2, 0.25) is 0 Å². The van der Waals surface area contributed by atoms with Crippen LogP contribution >= 0.6 is 22.7 Å². The Kier molecular flexibility index (Phi) is 4.81. The third kappa shape index (κ3) is 4.07. The Morgan fingerprint density at radius 3 is 2.88 bits per heavy atom. The third-order valence-electron chi connectivity index (χ3n) is 4.45. The van der Waals surface area contributed by atoms with Gasteiger partial charge in [0.15, 0.2) is 0 Å². The normalized spacial score (nSPS) is 15.4. The highest BCUT2D eigenvalue weighted by Crippen LogP contribution is 2.42. The van der Waals surface area contributed by atoms with E-state index in [1.165, 1.54) is 22.4 Å². The van der Waals surface area contributed by atoms with Gasteiger partial charge in [0.1, 0.15) is 5.01 Å². The number of hydrogen-bond acceptors (Lipinski definition) is 5. The number of para-hydroxylation sites is 1. The number of benzene rings is 1. The number of rotatable bonds is 7. The van der Waals surface area contributed by atoms with Gasteiger partial charge in [0.2, 0.25) is 5.91 Å². The molecule has 1 aromatic carbocycles. The molecule has 1 N–H and O–H groups in total. The van der Waals surface area contributed by atoms with Gasteiger partial charge >= 0.3 is 0 Å². The van der Waals surface area contributed by atoms with Crippen LogP contribution in [0.1, 0.15) is 46.6 Å². The van der Waals surface area contributed by atoms with Crippen molar-refractivity contribution in [3.63, 3.8) is 0 Å². The topological polar surface area (TPSA) is 54.9 Å². The Morgan fingerprint density at radius 1 is 1.32 bits per heavy atom. The van der Waals surface area contributed by atoms with E-state index in [2.05, 4.69) is 28.3 Å². The van der Waals surface area contributed by atoms with Crippen LogP contribution in [-0.2, 0) is 11.2 Å². The zero-order valence-electron chi connectivity index (χ0n) is 14.2. The second-order valence-electron chi connectivity index (χ2n) is 6.62. The lowest BCUT2D eigenvalue weighted by atomic mass is 10.1. The van der Waals surface area contributed by atoms with E-state index in [-0.39, 0.29) is 11.9 Å². The van der Waals surface area contributed by atoms with Crippen LogP contribution in [0.25, 0.3) is 10.2 Å². The summed E-state index contributed by atoms with van der Waals surface area (Å²) in [4.78, 5) is 22.7. The van der Waals surface area contributed by atoms with E-state index in [1.54, 1.807) is 22.7 Å². The maximum absolute atomic E-state index is 12.4. The molecule has 0 aliphatic heterocycles. The lowest BCUT2D eigenvalue weighted by molar-refractivity contribution is -0.122. The van der Waals surface area contributed by atoms with Gasteiger partial charge in [-0.2, -0.15) is 0 Å². The van der Waals surface area contributed by atoms with Crippen LogP contribution in [0.4, 0.5) is 0 Å². The number of thiazole rings is 2. The molecule has 6 heteroatoms. The number of carbonyl (C=O) groups is 1. The first-order valence-electron chi connectivity index (χ1n) is 8.75. The predicted octanol–water partition coefficient (Wildman–Crippen LogP) is 4.65. The summed E-state index contributed by atoms with van der Waals surface area (Å²) in [5.74, 6) is 0.699. The molecule has 4 nitrogen and oxygen atoms in total. The molecule has 0 spiro atoms. The molecule has 0 bridgehead atoms. The lowest BCUT2D eigenvalue weighted by Gasteiger charge is -2.15. The summed E-state index contributed by atoms with van der Waals surface area (Å²) in [7, 11) is 0. The van der Waals surface area contributed by atoms with Gasteiger partial charge in [-0.15, -0.1) is 22.7 Å². The van der Waals surface area contributed by atoms with Gasteiger partial charge < -0.3 is 5.32 Å². The molecule has 0 radical (unpaired) electrons. The molecule has 3 aromatic rings. The second kappa shape index (κ2) is 7.22. The molecule has 2 aromatic heterocycles. The number of carbonyl (C=O) groups excluding carboxylic acids is 1. The molecule has 0 unspecified atom stereocenters. The van der Waals surface area contributed by atoms with E-state index in [9.17, 15) is 4.79 Å². The first-order chi connectivity index (χ1) is 12.2. The molecule has 25 heavy (non-hydrogen) atoms. The summed E-state index contributed by atoms with van der Waals surface area (Å²) in [6, 6.07) is 8.29. The summed E-state index contributed by atoms with van der Waals surface area (Å²) in [6.45, 7) is 2.06. The maximum Gasteiger partial charge on any atom is 0.220 e. The molecule has 1 atom stereocenters. The number of nitrogens with one attached hydrogen (secondary N) is 1. The Bertz CT molecular complexity index is 849. The van der Waals surface area contributed by atoms with Crippen LogP contribution in [0.3, 0.4) is 0 Å². The Balaban J connectivity index is 1.31. The van der Waals surface area contributed by atoms with Crippen LogP contribution in [0.15, 0.2) is 30.5 Å². The molecule has 0 saturated heterocycles. The van der Waals surface area contributed by atoms with Gasteiger partial charge in [-0.05, 0) is 50.7 Å². The zero-order chi connectivity index (χ0) is 17.2. The van der Waals surface area contributed by atoms with Crippen molar-refractivity contribution in [1.82, 2.24) is 15.3 Å². The molecule has 1 amide bonds. The van der Waals surface area contributed by atoms with E-state index >= 15 is 0 Å². The molecule has 1 aliphatic carbocycles. The van der Waals surface area contributed by atoms with Gasteiger partial charge in [0.05, 0.1) is 21.3 Å². The average molecular weight is 372 g/mol. The molecule has 130 valence electrons. The van der Waals surface area contributed by atoms with E-state index < -0.39 is 0 Å². The minimum atomic E-state index is 0.105. The molecular formula is C19H21N3OS2. The lowest BCUT2D eigenvalue weighted by Crippen LogP contribution is -2.29. The van der Waals surface area contributed by atoms with Gasteiger partial charge in [-0.1, -0.05) is 12.1 Å². The van der Waals surface area contributed by atoms with Gasteiger partial charge in [-0.25, -0.2) is 9.97 Å². The van der Waals surface area contributed by atoms with Crippen LogP contribution in [0, 0.1) is 12.8 Å². The van der Waals surface area contributed by atoms with Crippen molar-refractivity contribution in [2.75, 3.05) is 0 Å². The second-order valence-corrected chi connectivity index (χ2v) is 9.00. The SMILES string of the molecule is Cc1cnc([C@@H](NC(=O)CCCc2nc3ccccc3s2)C2CC2)s1. The Morgan fingerprint density at radius 2 is 2.16 bits per heavy atom. The highest BCUT2D eigenvalue weighted by molar-refractivity contribution is 7.18. The summed E-state index contributed by atoms with van der Waals surface area (Å²) in [5.41, 5.74) is 1.06. The first kappa shape index (κ1) is 16.7. The minimum Gasteiger partial charge on any atom is -0.347 e. The van der Waals surface area contributed by atoms with E-state index in [0.29, 0.717) is 12.3 Å². The molecule has 1 aliphatic rings. The number of hydrogen-bond donors (Lipinski definition) is 1. The number of aryl methyl sites for hydroxylation is 2. The van der Waals surface area contributed by atoms with Crippen molar-refractivity contribution in [2.24, 2.45) is 5.92 Å². The standard InChI is InChI=1S/C19H21N3OS2/c1-12-11-20-19(24-12)18(13-9-10-13)22-16(23)7-4-8-17-21-14-5-2-3-6-15(14)25-17/h2-3,5-6,11,13,18H,4,7-10H2,1H3,(H,22,23)/t18-/m0/s1. The van der Waals surface area contributed by atoms with Crippen molar-refractivity contribution < 1.29 is 4.79 Å². The van der Waals surface area contributed by atoms with E-state index in [0.717, 1.165) is 28.4 Å². The third-order valence-corrected chi connectivity index (χ3v) is 6.54. The number of fused-ring (bicyclic) bond motifs is 1. The average Bonchev–Trinajstić information content (AvgIpc) is 3.21. The molecule has 1 saturated carbocycles. The molecule has 4 rings (SSSR count). The fraction of sp³-hybridized carbons (Fsp3) is 0.421. The Labute approximate surface area is 155 Å². The number of nitrogens with zero attached hydrogens (tertiary/aromatic N) is 2. The van der Waals surface area contributed by atoms with Crippen molar-refractivity contribution in [3.8, 4) is 0 Å². The highest BCUT2D eigenvalue weighted by Gasteiger charge is 2.35. The smallest absolute Gasteiger partial charge is 0.220 e. The van der Waals surface area contributed by atoms with Crippen molar-refractivity contribution in [3.05, 3.63) is 45.4 Å². The number of aromatic nitrogens is 2. The van der Waals surface area contributed by atoms with Gasteiger partial charge in [0.25, 0.3) is 0 Å².